The van der Waals surface area contributed by atoms with Crippen LogP contribution >= 0.6 is 7.82 Å². The lowest BCUT2D eigenvalue weighted by Gasteiger charge is -2.28. The van der Waals surface area contributed by atoms with E-state index in [4.69, 9.17) is 18.5 Å². The Labute approximate surface area is 329 Å². The summed E-state index contributed by atoms with van der Waals surface area (Å²) in [7, 11) is 1.09. The van der Waals surface area contributed by atoms with Crippen LogP contribution in [0.2, 0.25) is 0 Å². The van der Waals surface area contributed by atoms with E-state index in [1.807, 2.05) is 39.4 Å². The molecule has 0 radical (unpaired) electrons. The van der Waals surface area contributed by atoms with Crippen molar-refractivity contribution in [2.24, 2.45) is 0 Å². The number of unbranched alkanes of at least 4 members (excludes halogenated alkanes) is 10. The van der Waals surface area contributed by atoms with E-state index in [1.54, 1.807) is 0 Å². The lowest BCUT2D eigenvalue weighted by atomic mass is 10.1. The first kappa shape index (κ1) is 51.5. The van der Waals surface area contributed by atoms with Crippen molar-refractivity contribution in [3.8, 4) is 0 Å². The fourth-order valence-corrected chi connectivity index (χ4v) is 5.66. The number of carbonyl (C=O) groups excluding carboxylic acids is 2. The third kappa shape index (κ3) is 39.2. The Morgan fingerprint density at radius 3 is 1.59 bits per heavy atom. The number of hydrogen-bond donors (Lipinski definition) is 0. The minimum absolute atomic E-state index is 0.0519. The van der Waals surface area contributed by atoms with E-state index in [0.717, 1.165) is 38.5 Å². The molecule has 0 aliphatic heterocycles. The number of nitrogens with zero attached hydrogens (tertiary/aromatic N) is 1. The van der Waals surface area contributed by atoms with Crippen molar-refractivity contribution in [3.63, 3.8) is 0 Å². The Morgan fingerprint density at radius 1 is 0.574 bits per heavy atom. The van der Waals surface area contributed by atoms with Gasteiger partial charge in [0.2, 0.25) is 0 Å². The molecule has 0 spiro atoms. The van der Waals surface area contributed by atoms with E-state index in [9.17, 15) is 19.0 Å². The monoisotopic (exact) mass is 778 g/mol. The Hall–Kier alpha value is -2.55. The molecule has 310 valence electrons. The van der Waals surface area contributed by atoms with Gasteiger partial charge in [0.15, 0.2) is 6.10 Å². The minimum atomic E-state index is -4.65. The largest absolute Gasteiger partial charge is 0.756 e. The molecule has 0 saturated heterocycles. The maximum absolute atomic E-state index is 12.6. The molecular formula is C44H76NO8P. The van der Waals surface area contributed by atoms with Crippen molar-refractivity contribution in [2.45, 2.75) is 148 Å². The van der Waals surface area contributed by atoms with Crippen LogP contribution in [0.25, 0.3) is 0 Å². The normalized spacial score (nSPS) is 14.4. The van der Waals surface area contributed by atoms with Gasteiger partial charge in [-0.2, -0.15) is 0 Å². The summed E-state index contributed by atoms with van der Waals surface area (Å²) < 4.78 is 33.7. The van der Waals surface area contributed by atoms with Crippen molar-refractivity contribution in [1.82, 2.24) is 0 Å². The van der Waals surface area contributed by atoms with E-state index < -0.39 is 32.5 Å². The number of phosphoric acid groups is 1. The summed E-state index contributed by atoms with van der Waals surface area (Å²) in [6.07, 6.45) is 43.8. The second-order valence-electron chi connectivity index (χ2n) is 14.6. The first-order chi connectivity index (χ1) is 26.0. The van der Waals surface area contributed by atoms with E-state index in [-0.39, 0.29) is 26.1 Å². The molecule has 0 heterocycles. The predicted molar refractivity (Wildman–Crippen MR) is 222 cm³/mol. The zero-order chi connectivity index (χ0) is 40.0. The van der Waals surface area contributed by atoms with Crippen molar-refractivity contribution in [3.05, 3.63) is 72.9 Å². The average molecular weight is 778 g/mol. The quantitative estimate of drug-likeness (QED) is 0.0203. The molecule has 0 fully saturated rings. The number of likely N-dealkylation sites (N-methyl/N-ethyl adjacent to an activating group) is 1. The number of rotatable bonds is 36. The molecule has 0 rings (SSSR count). The molecule has 0 aromatic rings. The van der Waals surface area contributed by atoms with Crippen LogP contribution < -0.4 is 4.89 Å². The van der Waals surface area contributed by atoms with Crippen LogP contribution in [0, 0.1) is 0 Å². The van der Waals surface area contributed by atoms with Crippen molar-refractivity contribution < 1.29 is 42.1 Å². The molecule has 0 aromatic heterocycles. The molecule has 9 nitrogen and oxygen atoms in total. The molecule has 0 amide bonds. The number of allylic oxidation sites excluding steroid dienone is 12. The van der Waals surface area contributed by atoms with Crippen LogP contribution in [0.15, 0.2) is 72.9 Å². The number of ether oxygens (including phenoxy) is 2. The number of quaternary nitrogens is 1. The molecule has 10 heteroatoms. The maximum atomic E-state index is 12.6. The highest BCUT2D eigenvalue weighted by atomic mass is 31.2. The molecule has 0 N–H and O–H groups in total. The summed E-state index contributed by atoms with van der Waals surface area (Å²) in [5.41, 5.74) is 0. The lowest BCUT2D eigenvalue weighted by molar-refractivity contribution is -0.870. The topological polar surface area (TPSA) is 111 Å². The zero-order valence-corrected chi connectivity index (χ0v) is 35.5. The van der Waals surface area contributed by atoms with Gasteiger partial charge < -0.3 is 27.9 Å². The minimum Gasteiger partial charge on any atom is -0.756 e. The van der Waals surface area contributed by atoms with Gasteiger partial charge in [-0.3, -0.25) is 14.2 Å². The summed E-state index contributed by atoms with van der Waals surface area (Å²) in [6, 6.07) is 0. The number of esters is 2. The van der Waals surface area contributed by atoms with Gasteiger partial charge in [0, 0.05) is 12.8 Å². The van der Waals surface area contributed by atoms with Gasteiger partial charge in [0.25, 0.3) is 7.82 Å². The highest BCUT2D eigenvalue weighted by Crippen LogP contribution is 2.38. The molecule has 0 bridgehead atoms. The van der Waals surface area contributed by atoms with Crippen LogP contribution in [0.3, 0.4) is 0 Å². The second kappa shape index (κ2) is 36.1. The predicted octanol–water partition coefficient (Wildman–Crippen LogP) is 10.8. The summed E-state index contributed by atoms with van der Waals surface area (Å²) in [6.45, 7) is 4.03. The second-order valence-corrected chi connectivity index (χ2v) is 16.1. The molecule has 0 aliphatic rings. The Bertz CT molecular complexity index is 1150. The highest BCUT2D eigenvalue weighted by Gasteiger charge is 2.21. The molecule has 0 saturated carbocycles. The fraction of sp³-hybridized carbons (Fsp3) is 0.682. The first-order valence-electron chi connectivity index (χ1n) is 20.6. The van der Waals surface area contributed by atoms with E-state index in [2.05, 4.69) is 68.5 Å². The van der Waals surface area contributed by atoms with E-state index in [1.165, 1.54) is 64.2 Å². The average Bonchev–Trinajstić information content (AvgIpc) is 3.12. The first-order valence-corrected chi connectivity index (χ1v) is 22.1. The Morgan fingerprint density at radius 2 is 1.04 bits per heavy atom. The number of phosphoric ester groups is 1. The van der Waals surface area contributed by atoms with Gasteiger partial charge >= 0.3 is 11.9 Å². The van der Waals surface area contributed by atoms with Crippen LogP contribution in [0.4, 0.5) is 0 Å². The van der Waals surface area contributed by atoms with E-state index >= 15 is 0 Å². The van der Waals surface area contributed by atoms with Crippen LogP contribution in [0.5, 0.6) is 0 Å². The molecule has 2 unspecified atom stereocenters. The standard InChI is InChI=1S/C44H76NO8P/c1-6-8-10-12-14-16-18-20-21-22-23-25-26-28-30-32-34-36-43(46)50-40-42(41-52-54(48,49)51-39-38-45(3,4)5)53-44(47)37-35-33-31-29-27-24-19-17-15-13-11-9-7-2/h14,16,20-21,23-25,27-28,30-31,33,42H,6-13,15,17-19,22,26,29,32,34-41H2,1-5H3/b16-14+,21-20+,25-23+,27-24+,30-28+,33-31+. The lowest BCUT2D eigenvalue weighted by Crippen LogP contribution is -2.37. The summed E-state index contributed by atoms with van der Waals surface area (Å²) >= 11 is 0. The molecule has 2 atom stereocenters. The Balaban J connectivity index is 4.58. The van der Waals surface area contributed by atoms with Gasteiger partial charge in [-0.05, 0) is 70.6 Å². The van der Waals surface area contributed by atoms with Gasteiger partial charge in [-0.25, -0.2) is 0 Å². The summed E-state index contributed by atoms with van der Waals surface area (Å²) in [4.78, 5) is 37.4. The summed E-state index contributed by atoms with van der Waals surface area (Å²) in [5, 5.41) is 0. The van der Waals surface area contributed by atoms with Gasteiger partial charge in [-0.15, -0.1) is 0 Å². The van der Waals surface area contributed by atoms with Gasteiger partial charge in [0.1, 0.15) is 19.8 Å². The number of carbonyl (C=O) groups is 2. The van der Waals surface area contributed by atoms with Crippen molar-refractivity contribution in [1.29, 1.82) is 0 Å². The van der Waals surface area contributed by atoms with Gasteiger partial charge in [0.05, 0.1) is 27.7 Å². The molecule has 0 aliphatic carbocycles. The van der Waals surface area contributed by atoms with Crippen molar-refractivity contribution in [2.75, 3.05) is 47.5 Å². The summed E-state index contributed by atoms with van der Waals surface area (Å²) in [5.74, 6) is -0.987. The third-order valence-electron chi connectivity index (χ3n) is 8.21. The van der Waals surface area contributed by atoms with Crippen LogP contribution in [-0.4, -0.2) is 70.0 Å². The van der Waals surface area contributed by atoms with Gasteiger partial charge in [-0.1, -0.05) is 132 Å². The van der Waals surface area contributed by atoms with E-state index in [0.29, 0.717) is 23.9 Å². The molecular weight excluding hydrogens is 701 g/mol. The smallest absolute Gasteiger partial charge is 0.306 e. The molecule has 54 heavy (non-hydrogen) atoms. The highest BCUT2D eigenvalue weighted by molar-refractivity contribution is 7.45. The SMILES string of the molecule is CCCCC/C=C/C/C=C/C/C=C/C/C=C/CCCC(=O)OCC(COP(=O)([O-])OCC[N+](C)(C)C)OC(=O)CC/C=C/C/C=C/CCCCCCCC. The zero-order valence-electron chi connectivity index (χ0n) is 34.6. The number of hydrogen-bond acceptors (Lipinski definition) is 8. The third-order valence-corrected chi connectivity index (χ3v) is 9.18. The van der Waals surface area contributed by atoms with Crippen LogP contribution in [0.1, 0.15) is 142 Å². The van der Waals surface area contributed by atoms with Crippen molar-refractivity contribution >= 4 is 19.8 Å². The Kier molecular flexibility index (Phi) is 34.4. The molecule has 0 aromatic carbocycles. The maximum Gasteiger partial charge on any atom is 0.306 e. The van der Waals surface area contributed by atoms with Crippen LogP contribution in [-0.2, 0) is 32.7 Å². The fourth-order valence-electron chi connectivity index (χ4n) is 4.93.